The number of carbonyl (C=O) groups excluding carboxylic acids is 1. The molecule has 2 nitrogen and oxygen atoms in total. The van der Waals surface area contributed by atoms with Gasteiger partial charge in [-0.25, -0.2) is 0 Å². The van der Waals surface area contributed by atoms with Crippen molar-refractivity contribution in [1.29, 1.82) is 0 Å². The van der Waals surface area contributed by atoms with Crippen LogP contribution in [0.15, 0.2) is 30.3 Å². The van der Waals surface area contributed by atoms with Crippen LogP contribution in [0.2, 0.25) is 0 Å². The molecule has 0 aliphatic heterocycles. The number of ketones is 1. The van der Waals surface area contributed by atoms with Crippen LogP contribution in [0.3, 0.4) is 0 Å². The van der Waals surface area contributed by atoms with Gasteiger partial charge in [0.25, 0.3) is 0 Å². The molecule has 0 amide bonds. The molecule has 1 aliphatic carbocycles. The van der Waals surface area contributed by atoms with Gasteiger partial charge in [-0.2, -0.15) is 11.8 Å². The molecule has 1 aromatic carbocycles. The van der Waals surface area contributed by atoms with Gasteiger partial charge in [-0.3, -0.25) is 4.79 Å². The highest BCUT2D eigenvalue weighted by atomic mass is 32.2. The fourth-order valence-corrected chi connectivity index (χ4v) is 4.64. The summed E-state index contributed by atoms with van der Waals surface area (Å²) in [7, 11) is 0. The van der Waals surface area contributed by atoms with Crippen molar-refractivity contribution < 1.29 is 4.79 Å². The zero-order chi connectivity index (χ0) is 15.8. The smallest absolute Gasteiger partial charge is 0.176 e. The van der Waals surface area contributed by atoms with Gasteiger partial charge in [-0.1, -0.05) is 50.6 Å². The van der Waals surface area contributed by atoms with E-state index in [9.17, 15) is 4.79 Å². The van der Waals surface area contributed by atoms with Gasteiger partial charge >= 0.3 is 0 Å². The number of unbranched alkanes of at least 4 members (excludes halogenated alkanes) is 1. The van der Waals surface area contributed by atoms with Gasteiger partial charge in [0, 0.05) is 16.9 Å². The van der Waals surface area contributed by atoms with Crippen molar-refractivity contribution in [3.05, 3.63) is 35.9 Å². The van der Waals surface area contributed by atoms with E-state index in [-0.39, 0.29) is 5.78 Å². The first-order valence-corrected chi connectivity index (χ1v) is 9.68. The molecule has 0 bridgehead atoms. The van der Waals surface area contributed by atoms with Crippen LogP contribution in [-0.4, -0.2) is 29.4 Å². The third-order valence-electron chi connectivity index (χ3n) is 4.57. The van der Waals surface area contributed by atoms with Crippen molar-refractivity contribution in [3.63, 3.8) is 0 Å². The highest BCUT2D eigenvalue weighted by Crippen LogP contribution is 2.33. The van der Waals surface area contributed by atoms with E-state index >= 15 is 0 Å². The fourth-order valence-electron chi connectivity index (χ4n) is 3.14. The van der Waals surface area contributed by atoms with Gasteiger partial charge in [-0.15, -0.1) is 0 Å². The van der Waals surface area contributed by atoms with E-state index in [1.165, 1.54) is 37.9 Å². The molecule has 1 aromatic rings. The summed E-state index contributed by atoms with van der Waals surface area (Å²) in [5.74, 6) is 2.25. The highest BCUT2D eigenvalue weighted by Gasteiger charge is 2.27. The lowest BCUT2D eigenvalue weighted by Gasteiger charge is -2.34. The molecule has 122 valence electrons. The van der Waals surface area contributed by atoms with E-state index in [1.54, 1.807) is 0 Å². The normalized spacial score (nSPS) is 25.1. The molecule has 3 unspecified atom stereocenters. The maximum absolute atomic E-state index is 12.1. The van der Waals surface area contributed by atoms with Crippen molar-refractivity contribution in [1.82, 2.24) is 5.32 Å². The third-order valence-corrected chi connectivity index (χ3v) is 6.22. The maximum atomic E-state index is 12.1. The average Bonchev–Trinajstić information content (AvgIpc) is 2.55. The van der Waals surface area contributed by atoms with Gasteiger partial charge in [-0.05, 0) is 37.4 Å². The van der Waals surface area contributed by atoms with Crippen molar-refractivity contribution in [2.45, 2.75) is 57.2 Å². The minimum absolute atomic E-state index is 0.202. The Morgan fingerprint density at radius 2 is 2.05 bits per heavy atom. The Morgan fingerprint density at radius 1 is 1.27 bits per heavy atom. The Hall–Kier alpha value is -0.800. The predicted molar refractivity (Wildman–Crippen MR) is 96.7 cm³/mol. The first kappa shape index (κ1) is 17.6. The SMILES string of the molecule is CCCCSC1CCC(NCC(=O)c2ccccc2)CC1C. The number of rotatable bonds is 8. The number of thioether (sulfide) groups is 1. The van der Waals surface area contributed by atoms with Crippen LogP contribution >= 0.6 is 11.8 Å². The van der Waals surface area contributed by atoms with Crippen molar-refractivity contribution in [2.24, 2.45) is 5.92 Å². The van der Waals surface area contributed by atoms with Crippen LogP contribution in [0.5, 0.6) is 0 Å². The Balaban J connectivity index is 1.71. The van der Waals surface area contributed by atoms with E-state index in [1.807, 2.05) is 30.3 Å². The standard InChI is InChI=1S/C19H29NOS/c1-3-4-12-22-19-11-10-17(13-15(19)2)20-14-18(21)16-8-6-5-7-9-16/h5-9,15,17,19-20H,3-4,10-14H2,1-2H3. The molecule has 0 saturated heterocycles. The Kier molecular flexibility index (Phi) is 7.47. The number of hydrogen-bond donors (Lipinski definition) is 1. The quantitative estimate of drug-likeness (QED) is 0.563. The second kappa shape index (κ2) is 9.36. The van der Waals surface area contributed by atoms with Gasteiger partial charge in [0.15, 0.2) is 5.78 Å². The van der Waals surface area contributed by atoms with Crippen molar-refractivity contribution in [3.8, 4) is 0 Å². The molecule has 1 aliphatic rings. The molecular weight excluding hydrogens is 290 g/mol. The minimum atomic E-state index is 0.202. The Morgan fingerprint density at radius 3 is 2.73 bits per heavy atom. The topological polar surface area (TPSA) is 29.1 Å². The average molecular weight is 320 g/mol. The van der Waals surface area contributed by atoms with Crippen molar-refractivity contribution in [2.75, 3.05) is 12.3 Å². The lowest BCUT2D eigenvalue weighted by Crippen LogP contribution is -2.40. The molecular formula is C19H29NOS. The molecule has 1 N–H and O–H groups in total. The molecule has 0 heterocycles. The Labute approximate surface area is 139 Å². The molecule has 0 radical (unpaired) electrons. The maximum Gasteiger partial charge on any atom is 0.176 e. The van der Waals surface area contributed by atoms with E-state index in [0.29, 0.717) is 12.6 Å². The zero-order valence-corrected chi connectivity index (χ0v) is 14.7. The van der Waals surface area contributed by atoms with Crippen molar-refractivity contribution >= 4 is 17.5 Å². The summed E-state index contributed by atoms with van der Waals surface area (Å²) < 4.78 is 0. The summed E-state index contributed by atoms with van der Waals surface area (Å²) >= 11 is 2.16. The largest absolute Gasteiger partial charge is 0.307 e. The lowest BCUT2D eigenvalue weighted by atomic mass is 9.86. The summed E-state index contributed by atoms with van der Waals surface area (Å²) in [5.41, 5.74) is 0.812. The summed E-state index contributed by atoms with van der Waals surface area (Å²) in [5, 5.41) is 4.29. The summed E-state index contributed by atoms with van der Waals surface area (Å²) in [6.45, 7) is 5.10. The zero-order valence-electron chi connectivity index (χ0n) is 13.9. The Bertz CT molecular complexity index is 448. The number of nitrogens with one attached hydrogen (secondary N) is 1. The lowest BCUT2D eigenvalue weighted by molar-refractivity contribution is 0.0983. The third kappa shape index (κ3) is 5.44. The summed E-state index contributed by atoms with van der Waals surface area (Å²) in [4.78, 5) is 12.1. The first-order chi connectivity index (χ1) is 10.7. The molecule has 3 atom stereocenters. The molecule has 0 aromatic heterocycles. The van der Waals surface area contributed by atoms with Gasteiger partial charge in [0.05, 0.1) is 6.54 Å². The summed E-state index contributed by atoms with van der Waals surface area (Å²) in [6, 6.07) is 10.1. The molecule has 1 fully saturated rings. The van der Waals surface area contributed by atoms with Crippen LogP contribution in [0, 0.1) is 5.92 Å². The number of Topliss-reactive ketones (excluding diaryl/α,β-unsaturated/α-hetero) is 1. The molecule has 1 saturated carbocycles. The predicted octanol–water partition coefficient (Wildman–Crippen LogP) is 4.55. The van der Waals surface area contributed by atoms with E-state index in [2.05, 4.69) is 30.9 Å². The molecule has 2 rings (SSSR count). The molecule has 22 heavy (non-hydrogen) atoms. The second-order valence-corrected chi connectivity index (χ2v) is 7.77. The van der Waals surface area contributed by atoms with E-state index < -0.39 is 0 Å². The number of benzene rings is 1. The minimum Gasteiger partial charge on any atom is -0.307 e. The van der Waals surface area contributed by atoms with Crippen LogP contribution in [0.4, 0.5) is 0 Å². The molecule has 0 spiro atoms. The second-order valence-electron chi connectivity index (χ2n) is 6.42. The van der Waals surface area contributed by atoms with Crippen LogP contribution in [-0.2, 0) is 0 Å². The number of carbonyl (C=O) groups is 1. The van der Waals surface area contributed by atoms with E-state index in [4.69, 9.17) is 0 Å². The van der Waals surface area contributed by atoms with Gasteiger partial charge in [0.1, 0.15) is 0 Å². The van der Waals surface area contributed by atoms with Crippen LogP contribution in [0.1, 0.15) is 56.3 Å². The first-order valence-electron chi connectivity index (χ1n) is 8.64. The van der Waals surface area contributed by atoms with Gasteiger partial charge in [0.2, 0.25) is 0 Å². The fraction of sp³-hybridized carbons (Fsp3) is 0.632. The van der Waals surface area contributed by atoms with Gasteiger partial charge < -0.3 is 5.32 Å². The number of hydrogen-bond acceptors (Lipinski definition) is 3. The monoisotopic (exact) mass is 319 g/mol. The van der Waals surface area contributed by atoms with E-state index in [0.717, 1.165) is 16.7 Å². The van der Waals surface area contributed by atoms with Crippen LogP contribution < -0.4 is 5.32 Å². The molecule has 3 heteroatoms. The highest BCUT2D eigenvalue weighted by molar-refractivity contribution is 7.99. The summed E-state index contributed by atoms with van der Waals surface area (Å²) in [6.07, 6.45) is 6.32. The van der Waals surface area contributed by atoms with Crippen LogP contribution in [0.25, 0.3) is 0 Å².